The van der Waals surface area contributed by atoms with Gasteiger partial charge in [0.2, 0.25) is 0 Å². The minimum absolute atomic E-state index is 0.143. The number of morpholine rings is 1. The molecule has 0 aromatic carbocycles. The Morgan fingerprint density at radius 2 is 2.16 bits per heavy atom. The van der Waals surface area contributed by atoms with Gasteiger partial charge >= 0.3 is 5.97 Å². The van der Waals surface area contributed by atoms with Crippen molar-refractivity contribution in [1.29, 1.82) is 0 Å². The van der Waals surface area contributed by atoms with E-state index in [0.717, 1.165) is 26.2 Å². The molecule has 0 aromatic heterocycles. The molecule has 19 heavy (non-hydrogen) atoms. The van der Waals surface area contributed by atoms with Gasteiger partial charge in [-0.3, -0.25) is 9.69 Å². The van der Waals surface area contributed by atoms with Gasteiger partial charge in [-0.25, -0.2) is 0 Å². The molecule has 1 unspecified atom stereocenters. The van der Waals surface area contributed by atoms with Gasteiger partial charge in [0, 0.05) is 25.7 Å². The third-order valence-corrected chi connectivity index (χ3v) is 4.18. The molecule has 2 aliphatic rings. The second-order valence-corrected chi connectivity index (χ2v) is 5.70. The Bertz CT molecular complexity index is 292. The summed E-state index contributed by atoms with van der Waals surface area (Å²) in [7, 11) is 3.58. The van der Waals surface area contributed by atoms with Crippen molar-refractivity contribution in [2.45, 2.75) is 37.8 Å². The van der Waals surface area contributed by atoms with Crippen molar-refractivity contribution in [2.75, 3.05) is 46.9 Å². The maximum atomic E-state index is 11.6. The second-order valence-electron chi connectivity index (χ2n) is 5.70. The Hall–Kier alpha value is -0.650. The van der Waals surface area contributed by atoms with E-state index in [2.05, 4.69) is 16.8 Å². The summed E-state index contributed by atoms with van der Waals surface area (Å²) in [6.45, 7) is 3.97. The quantitative estimate of drug-likeness (QED) is 0.689. The Balaban J connectivity index is 1.90. The topological polar surface area (TPSA) is 42.0 Å². The molecule has 0 amide bonds. The Morgan fingerprint density at radius 3 is 2.79 bits per heavy atom. The summed E-state index contributed by atoms with van der Waals surface area (Å²) >= 11 is 0. The van der Waals surface area contributed by atoms with Crippen LogP contribution in [0, 0.1) is 0 Å². The molecule has 5 heteroatoms. The van der Waals surface area contributed by atoms with Crippen molar-refractivity contribution >= 4 is 5.97 Å². The van der Waals surface area contributed by atoms with E-state index in [-0.39, 0.29) is 12.1 Å². The van der Waals surface area contributed by atoms with Gasteiger partial charge < -0.3 is 14.4 Å². The summed E-state index contributed by atoms with van der Waals surface area (Å²) in [4.78, 5) is 16.1. The Kier molecular flexibility index (Phi) is 5.60. The van der Waals surface area contributed by atoms with Crippen LogP contribution in [0.2, 0.25) is 0 Å². The first-order valence-electron chi connectivity index (χ1n) is 7.30. The van der Waals surface area contributed by atoms with Crippen molar-refractivity contribution in [3.8, 4) is 0 Å². The molecule has 0 spiro atoms. The third kappa shape index (κ3) is 4.44. The molecule has 0 bridgehead atoms. The molecule has 1 aliphatic carbocycles. The Morgan fingerprint density at radius 1 is 1.42 bits per heavy atom. The molecule has 1 heterocycles. The van der Waals surface area contributed by atoms with Gasteiger partial charge in [-0.1, -0.05) is 12.8 Å². The largest absolute Gasteiger partial charge is 0.468 e. The first-order chi connectivity index (χ1) is 9.19. The molecule has 1 atom stereocenters. The van der Waals surface area contributed by atoms with E-state index >= 15 is 0 Å². The van der Waals surface area contributed by atoms with Crippen molar-refractivity contribution in [3.63, 3.8) is 0 Å². The molecular weight excluding hydrogens is 244 g/mol. The number of ether oxygens (including phenoxy) is 2. The maximum Gasteiger partial charge on any atom is 0.319 e. The molecule has 0 radical (unpaired) electrons. The van der Waals surface area contributed by atoms with E-state index in [1.54, 1.807) is 0 Å². The van der Waals surface area contributed by atoms with Crippen LogP contribution in [0.1, 0.15) is 25.7 Å². The standard InChI is InChI=1S/C14H26N2O3/c1-15-7-8-19-13(9-15)10-16(11-14(17)18-2)12-5-3-4-6-12/h12-13H,3-11H2,1-2H3. The highest BCUT2D eigenvalue weighted by Gasteiger charge is 2.28. The van der Waals surface area contributed by atoms with E-state index in [9.17, 15) is 4.79 Å². The number of nitrogens with zero attached hydrogens (tertiary/aromatic N) is 2. The molecule has 2 fully saturated rings. The van der Waals surface area contributed by atoms with E-state index in [4.69, 9.17) is 9.47 Å². The van der Waals surface area contributed by atoms with Crippen LogP contribution in [-0.2, 0) is 14.3 Å². The summed E-state index contributed by atoms with van der Waals surface area (Å²) in [5.41, 5.74) is 0. The minimum atomic E-state index is -0.143. The number of carbonyl (C=O) groups is 1. The van der Waals surface area contributed by atoms with Gasteiger partial charge in [0.25, 0.3) is 0 Å². The molecule has 1 saturated heterocycles. The number of carbonyl (C=O) groups excluding carboxylic acids is 1. The van der Waals surface area contributed by atoms with Crippen LogP contribution in [0.15, 0.2) is 0 Å². The van der Waals surface area contributed by atoms with Gasteiger partial charge in [0.05, 0.1) is 26.4 Å². The number of likely N-dealkylation sites (N-methyl/N-ethyl adjacent to an activating group) is 1. The second kappa shape index (κ2) is 7.22. The zero-order chi connectivity index (χ0) is 13.7. The van der Waals surface area contributed by atoms with Crippen LogP contribution in [0.4, 0.5) is 0 Å². The van der Waals surface area contributed by atoms with Crippen molar-refractivity contribution in [3.05, 3.63) is 0 Å². The maximum absolute atomic E-state index is 11.6. The number of rotatable bonds is 5. The zero-order valence-electron chi connectivity index (χ0n) is 12.1. The highest BCUT2D eigenvalue weighted by Crippen LogP contribution is 2.24. The number of esters is 1. The molecule has 1 saturated carbocycles. The summed E-state index contributed by atoms with van der Waals surface area (Å²) in [5.74, 6) is -0.143. The molecule has 5 nitrogen and oxygen atoms in total. The Labute approximate surface area is 115 Å². The SMILES string of the molecule is COC(=O)CN(CC1CN(C)CCO1)C1CCCC1. The summed E-state index contributed by atoms with van der Waals surface area (Å²) in [6.07, 6.45) is 5.14. The summed E-state index contributed by atoms with van der Waals surface area (Å²) in [5, 5.41) is 0. The van der Waals surface area contributed by atoms with Gasteiger partial charge in [-0.05, 0) is 19.9 Å². The smallest absolute Gasteiger partial charge is 0.319 e. The van der Waals surface area contributed by atoms with Gasteiger partial charge in [0.15, 0.2) is 0 Å². The average Bonchev–Trinajstić information content (AvgIpc) is 2.91. The number of methoxy groups -OCH3 is 1. The van der Waals surface area contributed by atoms with Gasteiger partial charge in [0.1, 0.15) is 0 Å². The molecular formula is C14H26N2O3. The lowest BCUT2D eigenvalue weighted by molar-refractivity contribution is -0.143. The van der Waals surface area contributed by atoms with E-state index in [0.29, 0.717) is 12.6 Å². The fraction of sp³-hybridized carbons (Fsp3) is 0.929. The van der Waals surface area contributed by atoms with Crippen LogP contribution in [-0.4, -0.2) is 74.9 Å². The van der Waals surface area contributed by atoms with Crippen LogP contribution in [0.25, 0.3) is 0 Å². The number of hydrogen-bond acceptors (Lipinski definition) is 5. The molecule has 110 valence electrons. The summed E-state index contributed by atoms with van der Waals surface area (Å²) in [6, 6.07) is 0.523. The normalized spacial score (nSPS) is 25.9. The predicted octanol–water partition coefficient (Wildman–Crippen LogP) is 0.735. The van der Waals surface area contributed by atoms with Crippen LogP contribution in [0.5, 0.6) is 0 Å². The van der Waals surface area contributed by atoms with Crippen molar-refractivity contribution < 1.29 is 14.3 Å². The average molecular weight is 270 g/mol. The van der Waals surface area contributed by atoms with E-state index in [1.165, 1.54) is 32.8 Å². The third-order valence-electron chi connectivity index (χ3n) is 4.18. The fourth-order valence-corrected chi connectivity index (χ4v) is 3.08. The first kappa shape index (κ1) is 14.8. The van der Waals surface area contributed by atoms with Crippen LogP contribution in [0.3, 0.4) is 0 Å². The lowest BCUT2D eigenvalue weighted by Gasteiger charge is -2.35. The highest BCUT2D eigenvalue weighted by atomic mass is 16.5. The lowest BCUT2D eigenvalue weighted by atomic mass is 10.1. The van der Waals surface area contributed by atoms with Crippen LogP contribution >= 0.6 is 0 Å². The fourth-order valence-electron chi connectivity index (χ4n) is 3.08. The predicted molar refractivity (Wildman–Crippen MR) is 73.1 cm³/mol. The lowest BCUT2D eigenvalue weighted by Crippen LogP contribution is -2.49. The van der Waals surface area contributed by atoms with E-state index < -0.39 is 0 Å². The molecule has 0 aromatic rings. The molecule has 0 N–H and O–H groups in total. The van der Waals surface area contributed by atoms with Gasteiger partial charge in [-0.15, -0.1) is 0 Å². The van der Waals surface area contributed by atoms with E-state index in [1.807, 2.05) is 0 Å². The van der Waals surface area contributed by atoms with Crippen molar-refractivity contribution in [1.82, 2.24) is 9.80 Å². The van der Waals surface area contributed by atoms with Crippen molar-refractivity contribution in [2.24, 2.45) is 0 Å². The minimum Gasteiger partial charge on any atom is -0.468 e. The number of hydrogen-bond donors (Lipinski definition) is 0. The zero-order valence-corrected chi connectivity index (χ0v) is 12.1. The summed E-state index contributed by atoms with van der Waals surface area (Å²) < 4.78 is 10.6. The first-order valence-corrected chi connectivity index (χ1v) is 7.30. The van der Waals surface area contributed by atoms with Gasteiger partial charge in [-0.2, -0.15) is 0 Å². The molecule has 2 rings (SSSR count). The van der Waals surface area contributed by atoms with Crippen LogP contribution < -0.4 is 0 Å². The monoisotopic (exact) mass is 270 g/mol. The molecule has 1 aliphatic heterocycles. The highest BCUT2D eigenvalue weighted by molar-refractivity contribution is 5.71.